The molecule has 12 heteroatoms. The Bertz CT molecular complexity index is 1460. The summed E-state index contributed by atoms with van der Waals surface area (Å²) in [5.74, 6) is 1.63. The number of hydrogen-bond acceptors (Lipinski definition) is 8. The molecule has 2 aromatic carbocycles. The maximum atomic E-state index is 12.7. The van der Waals surface area contributed by atoms with Gasteiger partial charge in [-0.25, -0.2) is 4.68 Å². The number of nitro groups is 1. The predicted molar refractivity (Wildman–Crippen MR) is 143 cm³/mol. The van der Waals surface area contributed by atoms with Crippen LogP contribution in [0.5, 0.6) is 17.2 Å². The molecule has 0 saturated heterocycles. The molecule has 0 fully saturated rings. The predicted octanol–water partition coefficient (Wildman–Crippen LogP) is 4.74. The van der Waals surface area contributed by atoms with E-state index in [0.717, 1.165) is 5.56 Å². The summed E-state index contributed by atoms with van der Waals surface area (Å²) < 4.78 is 20.1. The highest BCUT2D eigenvalue weighted by Crippen LogP contribution is 2.29. The summed E-state index contributed by atoms with van der Waals surface area (Å²) in [4.78, 5) is 23.5. The van der Waals surface area contributed by atoms with Crippen LogP contribution in [-0.4, -0.2) is 43.6 Å². The molecule has 1 amide bonds. The summed E-state index contributed by atoms with van der Waals surface area (Å²) in [7, 11) is 0. The van der Waals surface area contributed by atoms with Gasteiger partial charge in [-0.3, -0.25) is 19.6 Å². The van der Waals surface area contributed by atoms with Gasteiger partial charge in [-0.2, -0.15) is 10.2 Å². The molecule has 0 radical (unpaired) electrons. The van der Waals surface area contributed by atoms with Crippen molar-refractivity contribution in [2.24, 2.45) is 0 Å². The van der Waals surface area contributed by atoms with E-state index in [9.17, 15) is 14.9 Å². The van der Waals surface area contributed by atoms with E-state index in [0.29, 0.717) is 54.1 Å². The molecule has 0 aliphatic rings. The highest BCUT2D eigenvalue weighted by Gasteiger charge is 2.22. The Morgan fingerprint density at radius 3 is 2.36 bits per heavy atom. The normalized spacial score (nSPS) is 10.8. The Labute approximate surface area is 225 Å². The first-order chi connectivity index (χ1) is 18.8. The number of ether oxygens (including phenoxy) is 3. The lowest BCUT2D eigenvalue weighted by Gasteiger charge is -2.13. The number of amides is 1. The Morgan fingerprint density at radius 1 is 0.974 bits per heavy atom. The molecule has 0 spiro atoms. The molecule has 0 bridgehead atoms. The lowest BCUT2D eigenvalue weighted by molar-refractivity contribution is -0.386. The van der Waals surface area contributed by atoms with E-state index in [1.54, 1.807) is 50.4 Å². The maximum Gasteiger partial charge on any atom is 0.312 e. The number of anilines is 1. The Hall–Kier alpha value is -4.87. The Balaban J connectivity index is 1.33. The molecule has 0 atom stereocenters. The number of carbonyl (C=O) groups excluding carboxylic acids is 1. The van der Waals surface area contributed by atoms with Crippen molar-refractivity contribution in [2.45, 2.75) is 41.0 Å². The highest BCUT2D eigenvalue weighted by atomic mass is 16.6. The molecule has 1 N–H and O–H groups in total. The van der Waals surface area contributed by atoms with E-state index in [1.807, 2.05) is 32.0 Å². The molecule has 0 aliphatic carbocycles. The van der Waals surface area contributed by atoms with Gasteiger partial charge in [0.25, 0.3) is 5.91 Å². The van der Waals surface area contributed by atoms with Gasteiger partial charge in [-0.05, 0) is 75.7 Å². The molecule has 0 saturated carbocycles. The molecule has 39 heavy (non-hydrogen) atoms. The number of rotatable bonds is 12. The van der Waals surface area contributed by atoms with E-state index in [4.69, 9.17) is 14.2 Å². The van der Waals surface area contributed by atoms with Crippen LogP contribution in [0.2, 0.25) is 0 Å². The summed E-state index contributed by atoms with van der Waals surface area (Å²) in [5.41, 5.74) is 2.43. The zero-order chi connectivity index (χ0) is 27.9. The number of aryl methyl sites for hydroxylation is 1. The number of carbonyl (C=O) groups is 1. The van der Waals surface area contributed by atoms with Crippen molar-refractivity contribution in [3.05, 3.63) is 87.5 Å². The molecule has 0 aliphatic heterocycles. The van der Waals surface area contributed by atoms with Crippen molar-refractivity contribution in [1.29, 1.82) is 0 Å². The van der Waals surface area contributed by atoms with Crippen LogP contribution < -0.4 is 19.5 Å². The monoisotopic (exact) mass is 534 g/mol. The minimum atomic E-state index is -0.454. The second-order valence-electron chi connectivity index (χ2n) is 8.57. The van der Waals surface area contributed by atoms with Crippen LogP contribution in [0, 0.1) is 24.0 Å². The van der Waals surface area contributed by atoms with Crippen molar-refractivity contribution in [1.82, 2.24) is 19.6 Å². The number of nitrogens with one attached hydrogen (secondary N) is 1. The van der Waals surface area contributed by atoms with Crippen molar-refractivity contribution in [2.75, 3.05) is 18.5 Å². The largest absolute Gasteiger partial charge is 0.490 e. The first-order valence-corrected chi connectivity index (χ1v) is 12.4. The van der Waals surface area contributed by atoms with Crippen LogP contribution in [-0.2, 0) is 13.3 Å². The van der Waals surface area contributed by atoms with Gasteiger partial charge in [0.2, 0.25) is 0 Å². The van der Waals surface area contributed by atoms with Gasteiger partial charge in [0.05, 0.1) is 18.1 Å². The van der Waals surface area contributed by atoms with Crippen molar-refractivity contribution in [3.63, 3.8) is 0 Å². The summed E-state index contributed by atoms with van der Waals surface area (Å²) in [6.07, 6.45) is 1.62. The van der Waals surface area contributed by atoms with Crippen molar-refractivity contribution >= 4 is 17.3 Å². The molecule has 2 aromatic heterocycles. The lowest BCUT2D eigenvalue weighted by atomic mass is 10.2. The highest BCUT2D eigenvalue weighted by molar-refractivity contribution is 6.02. The lowest BCUT2D eigenvalue weighted by Crippen LogP contribution is -2.15. The summed E-state index contributed by atoms with van der Waals surface area (Å²) in [6, 6.07) is 14.3. The Kier molecular flexibility index (Phi) is 8.44. The molecular formula is C27H30N6O6. The minimum Gasteiger partial charge on any atom is -0.490 e. The van der Waals surface area contributed by atoms with Gasteiger partial charge in [-0.15, -0.1) is 0 Å². The van der Waals surface area contributed by atoms with Gasteiger partial charge in [0, 0.05) is 11.9 Å². The van der Waals surface area contributed by atoms with E-state index < -0.39 is 4.92 Å². The summed E-state index contributed by atoms with van der Waals surface area (Å²) in [5, 5.41) is 22.5. The molecule has 4 aromatic rings. The quantitative estimate of drug-likeness (QED) is 0.203. The zero-order valence-electron chi connectivity index (χ0n) is 22.2. The van der Waals surface area contributed by atoms with Gasteiger partial charge in [0.15, 0.2) is 17.2 Å². The van der Waals surface area contributed by atoms with Crippen LogP contribution >= 0.6 is 0 Å². The van der Waals surface area contributed by atoms with Crippen LogP contribution in [0.25, 0.3) is 0 Å². The van der Waals surface area contributed by atoms with Gasteiger partial charge < -0.3 is 19.5 Å². The second-order valence-corrected chi connectivity index (χ2v) is 8.57. The molecule has 0 unspecified atom stereocenters. The fourth-order valence-corrected chi connectivity index (χ4v) is 3.97. The molecule has 12 nitrogen and oxygen atoms in total. The number of benzene rings is 2. The third-order valence-corrected chi connectivity index (χ3v) is 5.80. The summed E-state index contributed by atoms with van der Waals surface area (Å²) >= 11 is 0. The topological polar surface area (TPSA) is 136 Å². The summed E-state index contributed by atoms with van der Waals surface area (Å²) in [6.45, 7) is 8.62. The first-order valence-electron chi connectivity index (χ1n) is 12.4. The zero-order valence-corrected chi connectivity index (χ0v) is 22.2. The molecule has 2 heterocycles. The second kappa shape index (κ2) is 12.1. The number of aromatic nitrogens is 4. The van der Waals surface area contributed by atoms with Crippen molar-refractivity contribution < 1.29 is 23.9 Å². The van der Waals surface area contributed by atoms with Crippen LogP contribution in [0.4, 0.5) is 11.4 Å². The van der Waals surface area contributed by atoms with Crippen molar-refractivity contribution in [3.8, 4) is 17.2 Å². The third-order valence-electron chi connectivity index (χ3n) is 5.80. The maximum absolute atomic E-state index is 12.7. The average molecular weight is 535 g/mol. The van der Waals surface area contributed by atoms with E-state index in [-0.39, 0.29) is 24.0 Å². The standard InChI is InChI=1S/C27H30N6O6/c1-5-37-24-12-7-20(15-25(24)38-6-2)16-39-22-10-8-21(9-11-22)28-27(34)23-13-14-31(30-23)17-32-19(4)26(33(35)36)18(3)29-32/h7-15H,5-6,16-17H2,1-4H3,(H,28,34). The number of hydrogen-bond donors (Lipinski definition) is 1. The first kappa shape index (κ1) is 27.2. The van der Waals surface area contributed by atoms with Crippen LogP contribution in [0.3, 0.4) is 0 Å². The number of nitrogens with zero attached hydrogens (tertiary/aromatic N) is 5. The van der Waals surface area contributed by atoms with Crippen LogP contribution in [0.15, 0.2) is 54.7 Å². The van der Waals surface area contributed by atoms with E-state index in [1.165, 1.54) is 9.36 Å². The van der Waals surface area contributed by atoms with E-state index in [2.05, 4.69) is 15.5 Å². The smallest absolute Gasteiger partial charge is 0.312 e. The van der Waals surface area contributed by atoms with Crippen LogP contribution in [0.1, 0.15) is 41.3 Å². The van der Waals surface area contributed by atoms with E-state index >= 15 is 0 Å². The molecule has 4 rings (SSSR count). The fraction of sp³-hybridized carbons (Fsp3) is 0.296. The van der Waals surface area contributed by atoms with Gasteiger partial charge in [0.1, 0.15) is 30.4 Å². The molecular weight excluding hydrogens is 504 g/mol. The SMILES string of the molecule is CCOc1ccc(COc2ccc(NC(=O)c3ccn(Cn4nc(C)c([N+](=O)[O-])c4C)n3)cc2)cc1OCC. The Morgan fingerprint density at radius 2 is 1.69 bits per heavy atom. The van der Waals surface area contributed by atoms with Gasteiger partial charge >= 0.3 is 5.69 Å². The third kappa shape index (κ3) is 6.53. The average Bonchev–Trinajstić information content (AvgIpc) is 3.49. The molecule has 204 valence electrons. The minimum absolute atomic E-state index is 0.0257. The fourth-order valence-electron chi connectivity index (χ4n) is 3.97. The van der Waals surface area contributed by atoms with Gasteiger partial charge in [-0.1, -0.05) is 6.07 Å².